The van der Waals surface area contributed by atoms with E-state index in [0.717, 1.165) is 10.6 Å². The van der Waals surface area contributed by atoms with Crippen molar-refractivity contribution in [3.8, 4) is 0 Å². The van der Waals surface area contributed by atoms with Gasteiger partial charge in [0.1, 0.15) is 6.04 Å². The Balaban J connectivity index is 2.23. The lowest BCUT2D eigenvalue weighted by Gasteiger charge is -2.12. The first-order chi connectivity index (χ1) is 10.0. The van der Waals surface area contributed by atoms with Gasteiger partial charge >= 0.3 is 5.97 Å². The molecule has 0 aliphatic rings. The van der Waals surface area contributed by atoms with Crippen molar-refractivity contribution < 1.29 is 19.8 Å². The average molecular weight is 332 g/mol. The average Bonchev–Trinajstić information content (AvgIpc) is 2.45. The number of benzene rings is 1. The molecule has 1 aromatic carbocycles. The van der Waals surface area contributed by atoms with Crippen molar-refractivity contribution in [2.24, 2.45) is 0 Å². The molecule has 1 aromatic rings. The summed E-state index contributed by atoms with van der Waals surface area (Å²) in [6, 6.07) is 6.42. The molecule has 0 saturated carbocycles. The first-order valence-electron chi connectivity index (χ1n) is 6.54. The summed E-state index contributed by atoms with van der Waals surface area (Å²) < 4.78 is 0. The zero-order valence-electron chi connectivity index (χ0n) is 11.4. The Morgan fingerprint density at radius 3 is 2.52 bits per heavy atom. The summed E-state index contributed by atoms with van der Waals surface area (Å²) in [5.74, 6) is -0.687. The second kappa shape index (κ2) is 9.65. The van der Waals surface area contributed by atoms with Crippen LogP contribution in [-0.4, -0.2) is 40.5 Å². The SMILES string of the molecule is O=C(CCCSc1ccc(Cl)cc1)NC(CCO)C(=O)O. The minimum atomic E-state index is -1.13. The Morgan fingerprint density at radius 1 is 1.29 bits per heavy atom. The van der Waals surface area contributed by atoms with Crippen LogP contribution in [0.3, 0.4) is 0 Å². The molecule has 21 heavy (non-hydrogen) atoms. The van der Waals surface area contributed by atoms with E-state index >= 15 is 0 Å². The van der Waals surface area contributed by atoms with Crippen molar-refractivity contribution in [1.82, 2.24) is 5.32 Å². The number of halogens is 1. The molecule has 0 fully saturated rings. The van der Waals surface area contributed by atoms with Gasteiger partial charge in [-0.25, -0.2) is 4.79 Å². The van der Waals surface area contributed by atoms with Gasteiger partial charge in [0.25, 0.3) is 0 Å². The van der Waals surface area contributed by atoms with E-state index in [1.165, 1.54) is 0 Å². The Bertz CT molecular complexity index is 467. The molecule has 0 aromatic heterocycles. The summed E-state index contributed by atoms with van der Waals surface area (Å²) in [5, 5.41) is 20.7. The van der Waals surface area contributed by atoms with Crippen LogP contribution >= 0.6 is 23.4 Å². The number of aliphatic carboxylic acids is 1. The normalized spacial score (nSPS) is 11.9. The summed E-state index contributed by atoms with van der Waals surface area (Å²) in [4.78, 5) is 23.5. The van der Waals surface area contributed by atoms with Crippen LogP contribution in [0.25, 0.3) is 0 Å². The van der Waals surface area contributed by atoms with Crippen LogP contribution in [0, 0.1) is 0 Å². The van der Waals surface area contributed by atoms with E-state index in [-0.39, 0.29) is 25.4 Å². The minimum absolute atomic E-state index is 0.0145. The fraction of sp³-hybridized carbons (Fsp3) is 0.429. The monoisotopic (exact) mass is 331 g/mol. The lowest BCUT2D eigenvalue weighted by molar-refractivity contribution is -0.142. The Hall–Kier alpha value is -1.24. The van der Waals surface area contributed by atoms with Crippen molar-refractivity contribution in [1.29, 1.82) is 0 Å². The minimum Gasteiger partial charge on any atom is -0.480 e. The standard InChI is InChI=1S/C14H18ClNO4S/c15-10-3-5-11(6-4-10)21-9-1-2-13(18)16-12(7-8-17)14(19)20/h3-6,12,17H,1-2,7-9H2,(H,16,18)(H,19,20). The summed E-state index contributed by atoms with van der Waals surface area (Å²) in [5.41, 5.74) is 0. The fourth-order valence-corrected chi connectivity index (χ4v) is 2.59. The molecule has 0 aliphatic carbocycles. The van der Waals surface area contributed by atoms with Crippen LogP contribution in [0.15, 0.2) is 29.2 Å². The summed E-state index contributed by atoms with van der Waals surface area (Å²) in [7, 11) is 0. The first kappa shape index (κ1) is 17.8. The van der Waals surface area contributed by atoms with Crippen molar-refractivity contribution in [2.45, 2.75) is 30.2 Å². The molecule has 1 unspecified atom stereocenters. The first-order valence-corrected chi connectivity index (χ1v) is 7.90. The number of hydrogen-bond acceptors (Lipinski definition) is 4. The molecule has 3 N–H and O–H groups in total. The Labute approximate surface area is 132 Å². The molecular formula is C14H18ClNO4S. The maximum Gasteiger partial charge on any atom is 0.326 e. The van der Waals surface area contributed by atoms with Gasteiger partial charge in [0.15, 0.2) is 0 Å². The largest absolute Gasteiger partial charge is 0.480 e. The molecule has 0 radical (unpaired) electrons. The Morgan fingerprint density at radius 2 is 1.95 bits per heavy atom. The predicted molar refractivity (Wildman–Crippen MR) is 82.7 cm³/mol. The summed E-state index contributed by atoms with van der Waals surface area (Å²) in [6.07, 6.45) is 0.918. The van der Waals surface area contributed by atoms with E-state index in [1.807, 2.05) is 24.3 Å². The molecule has 0 heterocycles. The highest BCUT2D eigenvalue weighted by molar-refractivity contribution is 7.99. The van der Waals surface area contributed by atoms with Gasteiger partial charge in [0, 0.05) is 29.4 Å². The van der Waals surface area contributed by atoms with Crippen molar-refractivity contribution in [3.05, 3.63) is 29.3 Å². The second-order valence-corrected chi connectivity index (χ2v) is 5.98. The van der Waals surface area contributed by atoms with Gasteiger partial charge in [0.2, 0.25) is 5.91 Å². The van der Waals surface area contributed by atoms with Gasteiger partial charge in [-0.2, -0.15) is 0 Å². The number of carboxylic acids is 1. The fourth-order valence-electron chi connectivity index (χ4n) is 1.61. The molecule has 1 atom stereocenters. The third-order valence-corrected chi connectivity index (χ3v) is 4.03. The van der Waals surface area contributed by atoms with Gasteiger partial charge in [-0.05, 0) is 36.4 Å². The smallest absolute Gasteiger partial charge is 0.326 e. The topological polar surface area (TPSA) is 86.6 Å². The van der Waals surface area contributed by atoms with E-state index in [1.54, 1.807) is 11.8 Å². The van der Waals surface area contributed by atoms with E-state index < -0.39 is 12.0 Å². The molecule has 116 valence electrons. The van der Waals surface area contributed by atoms with Crippen LogP contribution in [-0.2, 0) is 9.59 Å². The molecular weight excluding hydrogens is 314 g/mol. The third kappa shape index (κ3) is 7.36. The van der Waals surface area contributed by atoms with E-state index in [4.69, 9.17) is 21.8 Å². The quantitative estimate of drug-likeness (QED) is 0.477. The highest BCUT2D eigenvalue weighted by Gasteiger charge is 2.18. The van der Waals surface area contributed by atoms with E-state index in [2.05, 4.69) is 5.32 Å². The molecule has 5 nitrogen and oxygen atoms in total. The van der Waals surface area contributed by atoms with Crippen LogP contribution in [0.2, 0.25) is 5.02 Å². The molecule has 0 bridgehead atoms. The number of rotatable bonds is 9. The number of aliphatic hydroxyl groups is 1. The highest BCUT2D eigenvalue weighted by atomic mass is 35.5. The van der Waals surface area contributed by atoms with Crippen molar-refractivity contribution in [3.63, 3.8) is 0 Å². The van der Waals surface area contributed by atoms with Crippen molar-refractivity contribution in [2.75, 3.05) is 12.4 Å². The van der Waals surface area contributed by atoms with E-state index in [0.29, 0.717) is 11.4 Å². The number of carbonyl (C=O) groups excluding carboxylic acids is 1. The number of aliphatic hydroxyl groups excluding tert-OH is 1. The van der Waals surface area contributed by atoms with Crippen molar-refractivity contribution >= 4 is 35.2 Å². The number of amides is 1. The van der Waals surface area contributed by atoms with Gasteiger partial charge in [-0.3, -0.25) is 4.79 Å². The molecule has 1 amide bonds. The molecule has 0 aliphatic heterocycles. The van der Waals surface area contributed by atoms with Crippen LogP contribution in [0.5, 0.6) is 0 Å². The van der Waals surface area contributed by atoms with Gasteiger partial charge < -0.3 is 15.5 Å². The number of carbonyl (C=O) groups is 2. The summed E-state index contributed by atoms with van der Waals surface area (Å²) >= 11 is 7.40. The number of nitrogens with one attached hydrogen (secondary N) is 1. The molecule has 0 saturated heterocycles. The van der Waals surface area contributed by atoms with Gasteiger partial charge in [-0.15, -0.1) is 11.8 Å². The zero-order chi connectivity index (χ0) is 15.7. The van der Waals surface area contributed by atoms with Crippen LogP contribution in [0.4, 0.5) is 0 Å². The predicted octanol–water partition coefficient (Wildman–Crippen LogP) is 2.16. The Kier molecular flexibility index (Phi) is 8.19. The third-order valence-electron chi connectivity index (χ3n) is 2.68. The number of carboxylic acid groups (broad SMARTS) is 1. The lowest BCUT2D eigenvalue weighted by atomic mass is 10.2. The molecule has 0 spiro atoms. The lowest BCUT2D eigenvalue weighted by Crippen LogP contribution is -2.41. The molecule has 1 rings (SSSR count). The van der Waals surface area contributed by atoms with Crippen LogP contribution < -0.4 is 5.32 Å². The summed E-state index contributed by atoms with van der Waals surface area (Å²) in [6.45, 7) is -0.274. The second-order valence-electron chi connectivity index (χ2n) is 4.38. The van der Waals surface area contributed by atoms with Crippen LogP contribution in [0.1, 0.15) is 19.3 Å². The van der Waals surface area contributed by atoms with Gasteiger partial charge in [-0.1, -0.05) is 11.6 Å². The highest BCUT2D eigenvalue weighted by Crippen LogP contribution is 2.21. The number of thioether (sulfide) groups is 1. The van der Waals surface area contributed by atoms with E-state index in [9.17, 15) is 9.59 Å². The van der Waals surface area contributed by atoms with Gasteiger partial charge in [0.05, 0.1) is 0 Å². The number of hydrogen-bond donors (Lipinski definition) is 3. The maximum atomic E-state index is 11.6. The zero-order valence-corrected chi connectivity index (χ0v) is 13.0. The maximum absolute atomic E-state index is 11.6. The molecule has 7 heteroatoms.